The molecule has 2 heterocycles. The van der Waals surface area contributed by atoms with E-state index in [2.05, 4.69) is 5.32 Å². The number of nitrogens with zero attached hydrogens (tertiary/aromatic N) is 1. The average Bonchev–Trinajstić information content (AvgIpc) is 3.33. The summed E-state index contributed by atoms with van der Waals surface area (Å²) >= 11 is 0. The van der Waals surface area contributed by atoms with Gasteiger partial charge in [-0.15, -0.1) is 0 Å². The van der Waals surface area contributed by atoms with Crippen molar-refractivity contribution in [2.45, 2.75) is 19.4 Å². The van der Waals surface area contributed by atoms with E-state index < -0.39 is 17.8 Å². The minimum Gasteiger partial charge on any atom is -0.467 e. The molecule has 2 amide bonds. The molecule has 0 aliphatic carbocycles. The van der Waals surface area contributed by atoms with Gasteiger partial charge in [0.25, 0.3) is 5.91 Å². The van der Waals surface area contributed by atoms with Crippen molar-refractivity contribution in [2.75, 3.05) is 19.7 Å². The number of hydrogen-bond donors (Lipinski definition) is 1. The lowest BCUT2D eigenvalue weighted by Gasteiger charge is -2.16. The Kier molecular flexibility index (Phi) is 6.25. The van der Waals surface area contributed by atoms with E-state index in [0.29, 0.717) is 18.8 Å². The number of benzene rings is 1. The number of hydrogen-bond acceptors (Lipinski definition) is 5. The molecule has 7 nitrogen and oxygen atoms in total. The topological polar surface area (TPSA) is 88.9 Å². The number of ether oxygens (including phenoxy) is 1. The van der Waals surface area contributed by atoms with Gasteiger partial charge in [0.1, 0.15) is 5.76 Å². The number of esters is 1. The largest absolute Gasteiger partial charge is 0.467 e. The summed E-state index contributed by atoms with van der Waals surface area (Å²) in [5.41, 5.74) is 1.14. The highest BCUT2D eigenvalue weighted by Crippen LogP contribution is 2.19. The van der Waals surface area contributed by atoms with Crippen molar-refractivity contribution in [2.24, 2.45) is 5.92 Å². The van der Waals surface area contributed by atoms with E-state index >= 15 is 0 Å². The Balaban J connectivity index is 1.38. The fourth-order valence-electron chi connectivity index (χ4n) is 2.96. The van der Waals surface area contributed by atoms with Gasteiger partial charge < -0.3 is 19.4 Å². The molecule has 1 saturated heterocycles. The number of furan rings is 1. The molecule has 0 saturated carbocycles. The van der Waals surface area contributed by atoms with Gasteiger partial charge in [-0.05, 0) is 24.1 Å². The second-order valence-corrected chi connectivity index (χ2v) is 6.44. The zero-order valence-electron chi connectivity index (χ0n) is 14.9. The lowest BCUT2D eigenvalue weighted by molar-refractivity contribution is -0.152. The van der Waals surface area contributed by atoms with Gasteiger partial charge in [0.15, 0.2) is 6.61 Å². The van der Waals surface area contributed by atoms with Gasteiger partial charge in [0, 0.05) is 19.5 Å². The van der Waals surface area contributed by atoms with Crippen molar-refractivity contribution < 1.29 is 23.5 Å². The first kappa shape index (κ1) is 18.7. The van der Waals surface area contributed by atoms with E-state index in [0.717, 1.165) is 12.0 Å². The predicted molar refractivity (Wildman–Crippen MR) is 96.3 cm³/mol. The Labute approximate surface area is 157 Å². The molecule has 1 atom stereocenters. The summed E-state index contributed by atoms with van der Waals surface area (Å²) in [4.78, 5) is 37.7. The molecule has 1 unspecified atom stereocenters. The van der Waals surface area contributed by atoms with Gasteiger partial charge in [-0.3, -0.25) is 14.4 Å². The number of nitrogens with one attached hydrogen (secondary N) is 1. The van der Waals surface area contributed by atoms with Crippen LogP contribution in [-0.2, 0) is 32.1 Å². The van der Waals surface area contributed by atoms with Crippen LogP contribution < -0.4 is 5.32 Å². The van der Waals surface area contributed by atoms with Crippen LogP contribution in [0.5, 0.6) is 0 Å². The summed E-state index contributed by atoms with van der Waals surface area (Å²) in [6.07, 6.45) is 2.38. The van der Waals surface area contributed by atoms with Gasteiger partial charge in [-0.2, -0.15) is 0 Å². The molecular formula is C20H22N2O5. The Morgan fingerprint density at radius 2 is 2.00 bits per heavy atom. The summed E-state index contributed by atoms with van der Waals surface area (Å²) in [6, 6.07) is 13.3. The van der Waals surface area contributed by atoms with Gasteiger partial charge in [0.05, 0.1) is 18.7 Å². The SMILES string of the molecule is O=C(COC(=O)C1CC(=O)N(CCc2ccccc2)C1)NCc1ccco1. The molecular weight excluding hydrogens is 348 g/mol. The number of amides is 2. The molecule has 0 spiro atoms. The van der Waals surface area contributed by atoms with E-state index in [4.69, 9.17) is 9.15 Å². The van der Waals surface area contributed by atoms with Gasteiger partial charge in [-0.25, -0.2) is 0 Å². The van der Waals surface area contributed by atoms with Crippen molar-refractivity contribution in [3.63, 3.8) is 0 Å². The molecule has 0 bridgehead atoms. The number of carbonyl (C=O) groups excluding carboxylic acids is 3. The monoisotopic (exact) mass is 370 g/mol. The molecule has 2 aromatic rings. The van der Waals surface area contributed by atoms with Crippen molar-refractivity contribution in [3.05, 3.63) is 60.1 Å². The third-order valence-electron chi connectivity index (χ3n) is 4.45. The average molecular weight is 370 g/mol. The van der Waals surface area contributed by atoms with Crippen LogP contribution in [0.4, 0.5) is 0 Å². The predicted octanol–water partition coefficient (Wildman–Crippen LogP) is 1.53. The van der Waals surface area contributed by atoms with E-state index in [-0.39, 0.29) is 25.5 Å². The Hall–Kier alpha value is -3.09. The summed E-state index contributed by atoms with van der Waals surface area (Å²) in [5.74, 6) is -0.893. The Morgan fingerprint density at radius 3 is 2.74 bits per heavy atom. The van der Waals surface area contributed by atoms with Crippen LogP contribution in [0.1, 0.15) is 17.7 Å². The van der Waals surface area contributed by atoms with E-state index in [1.165, 1.54) is 6.26 Å². The van der Waals surface area contributed by atoms with Crippen LogP contribution in [0, 0.1) is 5.92 Å². The summed E-state index contributed by atoms with van der Waals surface area (Å²) in [5, 5.41) is 2.60. The maximum absolute atomic E-state index is 12.1. The number of carbonyl (C=O) groups is 3. The van der Waals surface area contributed by atoms with E-state index in [9.17, 15) is 14.4 Å². The van der Waals surface area contributed by atoms with Gasteiger partial charge in [-0.1, -0.05) is 30.3 Å². The molecule has 7 heteroatoms. The van der Waals surface area contributed by atoms with Crippen molar-refractivity contribution in [1.82, 2.24) is 10.2 Å². The third kappa shape index (κ3) is 5.44. The molecule has 0 radical (unpaired) electrons. The normalized spacial score (nSPS) is 16.4. The lowest BCUT2D eigenvalue weighted by atomic mass is 10.1. The quantitative estimate of drug-likeness (QED) is 0.712. The lowest BCUT2D eigenvalue weighted by Crippen LogP contribution is -2.31. The van der Waals surface area contributed by atoms with Crippen LogP contribution >= 0.6 is 0 Å². The second kappa shape index (κ2) is 9.02. The standard InChI is InChI=1S/C20H22N2O5/c23-18(21-12-17-7-4-10-26-17)14-27-20(25)16-11-19(24)22(13-16)9-8-15-5-2-1-3-6-15/h1-7,10,16H,8-9,11-14H2,(H,21,23). The smallest absolute Gasteiger partial charge is 0.311 e. The van der Waals surface area contributed by atoms with Crippen LogP contribution in [0.2, 0.25) is 0 Å². The fraction of sp³-hybridized carbons (Fsp3) is 0.350. The molecule has 1 aromatic heterocycles. The summed E-state index contributed by atoms with van der Waals surface area (Å²) in [7, 11) is 0. The number of rotatable bonds is 8. The third-order valence-corrected chi connectivity index (χ3v) is 4.45. The number of likely N-dealkylation sites (tertiary alicyclic amines) is 1. The highest BCUT2D eigenvalue weighted by atomic mass is 16.5. The molecule has 1 aliphatic rings. The molecule has 27 heavy (non-hydrogen) atoms. The van der Waals surface area contributed by atoms with Crippen LogP contribution in [-0.4, -0.2) is 42.4 Å². The van der Waals surface area contributed by atoms with E-state index in [1.807, 2.05) is 30.3 Å². The van der Waals surface area contributed by atoms with E-state index in [1.54, 1.807) is 17.0 Å². The van der Waals surface area contributed by atoms with Crippen LogP contribution in [0.25, 0.3) is 0 Å². The molecule has 1 N–H and O–H groups in total. The maximum Gasteiger partial charge on any atom is 0.311 e. The molecule has 1 aromatic carbocycles. The highest BCUT2D eigenvalue weighted by Gasteiger charge is 2.35. The zero-order valence-corrected chi connectivity index (χ0v) is 14.9. The minimum atomic E-state index is -0.522. The molecule has 3 rings (SSSR count). The van der Waals surface area contributed by atoms with Gasteiger partial charge in [0.2, 0.25) is 5.91 Å². The Bertz CT molecular complexity index is 773. The summed E-state index contributed by atoms with van der Waals surface area (Å²) in [6.45, 7) is 0.765. The molecule has 1 aliphatic heterocycles. The van der Waals surface area contributed by atoms with Crippen molar-refractivity contribution in [1.29, 1.82) is 0 Å². The highest BCUT2D eigenvalue weighted by molar-refractivity contribution is 5.88. The molecule has 1 fully saturated rings. The van der Waals surface area contributed by atoms with Crippen LogP contribution in [0.15, 0.2) is 53.1 Å². The van der Waals surface area contributed by atoms with Crippen LogP contribution in [0.3, 0.4) is 0 Å². The van der Waals surface area contributed by atoms with Crippen molar-refractivity contribution >= 4 is 17.8 Å². The zero-order chi connectivity index (χ0) is 19.1. The van der Waals surface area contributed by atoms with Gasteiger partial charge >= 0.3 is 5.97 Å². The first-order valence-electron chi connectivity index (χ1n) is 8.89. The Morgan fingerprint density at radius 1 is 1.19 bits per heavy atom. The second-order valence-electron chi connectivity index (χ2n) is 6.44. The minimum absolute atomic E-state index is 0.0600. The first-order chi connectivity index (χ1) is 13.1. The molecule has 142 valence electrons. The van der Waals surface area contributed by atoms with Crippen molar-refractivity contribution in [3.8, 4) is 0 Å². The fourth-order valence-corrected chi connectivity index (χ4v) is 2.96. The first-order valence-corrected chi connectivity index (χ1v) is 8.89. The summed E-state index contributed by atoms with van der Waals surface area (Å²) < 4.78 is 10.2. The maximum atomic E-state index is 12.1.